The fraction of sp³-hybridized carbons (Fsp3) is 0.400. The van der Waals surface area contributed by atoms with Crippen LogP contribution in [0.1, 0.15) is 64.3 Å². The third-order valence-corrected chi connectivity index (χ3v) is 9.77. The summed E-state index contributed by atoms with van der Waals surface area (Å²) in [4.78, 5) is 1.69. The molecule has 0 saturated heterocycles. The molecule has 2 unspecified atom stereocenters. The first-order valence-corrected chi connectivity index (χ1v) is 13.2. The highest BCUT2D eigenvalue weighted by molar-refractivity contribution is 7.10. The van der Waals surface area contributed by atoms with Crippen molar-refractivity contribution in [1.29, 1.82) is 0 Å². The average Bonchev–Trinajstić information content (AvgIpc) is 3.59. The maximum absolute atomic E-state index is 6.77. The molecule has 0 aliphatic heterocycles. The first-order valence-electron chi connectivity index (χ1n) is 12.4. The Hall–Kier alpha value is -2.16. The van der Waals surface area contributed by atoms with Crippen LogP contribution >= 0.6 is 11.3 Å². The molecule has 4 aliphatic carbocycles. The van der Waals surface area contributed by atoms with E-state index in [1.54, 1.807) is 21.6 Å². The summed E-state index contributed by atoms with van der Waals surface area (Å²) in [6.07, 6.45) is 6.70. The van der Waals surface area contributed by atoms with Crippen molar-refractivity contribution < 1.29 is 4.74 Å². The number of aryl methyl sites for hydroxylation is 2. The standard InChI is InChI=1S/C30H30OS/c1-18-6-5-9-20-12-13-24(31-17-19-7-3-2-4-8-19)29(25(18)20)28-23-14-15-32-30(23)27-22-11-10-21(16-22)26(27)28/h2-9,14-15,21-22,24,26-27H,10-13,16-17H2,1H3/b29-28+/t21-,22+,24-,26?,27?/m0/s1. The maximum atomic E-state index is 6.77. The fourth-order valence-electron chi connectivity index (χ4n) is 7.55. The second kappa shape index (κ2) is 7.43. The first kappa shape index (κ1) is 19.3. The number of thiophene rings is 1. The van der Waals surface area contributed by atoms with Crippen molar-refractivity contribution in [2.24, 2.45) is 17.8 Å². The summed E-state index contributed by atoms with van der Waals surface area (Å²) in [5.41, 5.74) is 10.5. The van der Waals surface area contributed by atoms with Gasteiger partial charge in [-0.05, 0) is 107 Å². The molecule has 0 amide bonds. The summed E-state index contributed by atoms with van der Waals surface area (Å²) in [5, 5.41) is 2.34. The molecule has 5 atom stereocenters. The Bertz CT molecular complexity index is 1200. The lowest BCUT2D eigenvalue weighted by Crippen LogP contribution is -2.26. The normalized spacial score (nSPS) is 32.1. The Kier molecular flexibility index (Phi) is 4.49. The van der Waals surface area contributed by atoms with Crippen LogP contribution in [0, 0.1) is 24.7 Å². The largest absolute Gasteiger partial charge is 0.369 e. The van der Waals surface area contributed by atoms with Crippen LogP contribution in [0.15, 0.2) is 60.0 Å². The van der Waals surface area contributed by atoms with Gasteiger partial charge in [0.1, 0.15) is 0 Å². The van der Waals surface area contributed by atoms with E-state index in [4.69, 9.17) is 4.74 Å². The second-order valence-electron chi connectivity index (χ2n) is 10.3. The summed E-state index contributed by atoms with van der Waals surface area (Å²) in [7, 11) is 0. The van der Waals surface area contributed by atoms with Gasteiger partial charge in [-0.2, -0.15) is 0 Å². The number of benzene rings is 2. The molecule has 7 rings (SSSR count). The zero-order chi connectivity index (χ0) is 21.2. The van der Waals surface area contributed by atoms with Gasteiger partial charge in [0.15, 0.2) is 0 Å². The highest BCUT2D eigenvalue weighted by Gasteiger charge is 2.55. The molecule has 2 bridgehead atoms. The van der Waals surface area contributed by atoms with E-state index in [-0.39, 0.29) is 6.10 Å². The van der Waals surface area contributed by atoms with E-state index in [1.165, 1.54) is 41.5 Å². The summed E-state index contributed by atoms with van der Waals surface area (Å²) < 4.78 is 6.77. The predicted molar refractivity (Wildman–Crippen MR) is 133 cm³/mol. The van der Waals surface area contributed by atoms with Crippen molar-refractivity contribution in [3.05, 3.63) is 92.7 Å². The van der Waals surface area contributed by atoms with E-state index in [0.29, 0.717) is 6.61 Å². The van der Waals surface area contributed by atoms with Crippen LogP contribution in [0.3, 0.4) is 0 Å². The lowest BCUT2D eigenvalue weighted by molar-refractivity contribution is 0.0711. The highest BCUT2D eigenvalue weighted by atomic mass is 32.1. The Morgan fingerprint density at radius 1 is 0.875 bits per heavy atom. The number of fused-ring (bicyclic) bond motifs is 8. The quantitative estimate of drug-likeness (QED) is 0.408. The van der Waals surface area contributed by atoms with E-state index in [9.17, 15) is 0 Å². The molecule has 2 heteroatoms. The third-order valence-electron chi connectivity index (χ3n) is 8.75. The van der Waals surface area contributed by atoms with Gasteiger partial charge in [-0.25, -0.2) is 0 Å². The molecule has 1 aromatic heterocycles. The molecule has 2 fully saturated rings. The molecule has 1 nitrogen and oxygen atoms in total. The number of allylic oxidation sites excluding steroid dienone is 1. The SMILES string of the molecule is Cc1cccc2c1/C(=C1\c3ccsc3C3C1[C@H]1CC[C@@H]3C1)[C@@H](OCc1ccccc1)CC2. The van der Waals surface area contributed by atoms with Crippen LogP contribution in [0.4, 0.5) is 0 Å². The summed E-state index contributed by atoms with van der Waals surface area (Å²) in [5.74, 6) is 3.27. The third kappa shape index (κ3) is 2.79. The van der Waals surface area contributed by atoms with E-state index in [1.807, 2.05) is 11.3 Å². The molecule has 0 spiro atoms. The first-order chi connectivity index (χ1) is 15.8. The molecule has 162 valence electrons. The van der Waals surface area contributed by atoms with E-state index < -0.39 is 0 Å². The molecule has 0 radical (unpaired) electrons. The fourth-order valence-corrected chi connectivity index (χ4v) is 8.70. The van der Waals surface area contributed by atoms with Crippen LogP contribution < -0.4 is 0 Å². The van der Waals surface area contributed by atoms with Crippen molar-refractivity contribution in [2.75, 3.05) is 0 Å². The minimum atomic E-state index is 0.185. The van der Waals surface area contributed by atoms with Gasteiger partial charge in [-0.3, -0.25) is 0 Å². The highest BCUT2D eigenvalue weighted by Crippen LogP contribution is 2.68. The van der Waals surface area contributed by atoms with Crippen molar-refractivity contribution in [1.82, 2.24) is 0 Å². The maximum Gasteiger partial charge on any atom is 0.0841 e. The monoisotopic (exact) mass is 438 g/mol. The van der Waals surface area contributed by atoms with Crippen molar-refractivity contribution in [3.8, 4) is 0 Å². The van der Waals surface area contributed by atoms with Crippen LogP contribution in [0.25, 0.3) is 11.1 Å². The smallest absolute Gasteiger partial charge is 0.0841 e. The molecular formula is C30H30OS. The van der Waals surface area contributed by atoms with Crippen LogP contribution in [-0.2, 0) is 17.8 Å². The minimum Gasteiger partial charge on any atom is -0.369 e. The van der Waals surface area contributed by atoms with E-state index in [0.717, 1.165) is 36.5 Å². The van der Waals surface area contributed by atoms with Crippen molar-refractivity contribution in [3.63, 3.8) is 0 Å². The predicted octanol–water partition coefficient (Wildman–Crippen LogP) is 7.64. The molecule has 1 heterocycles. The molecular weight excluding hydrogens is 408 g/mol. The lowest BCUT2D eigenvalue weighted by atomic mass is 9.73. The van der Waals surface area contributed by atoms with Gasteiger partial charge in [0.2, 0.25) is 0 Å². The van der Waals surface area contributed by atoms with Gasteiger partial charge < -0.3 is 4.74 Å². The van der Waals surface area contributed by atoms with Crippen LogP contribution in [-0.4, -0.2) is 6.10 Å². The van der Waals surface area contributed by atoms with E-state index >= 15 is 0 Å². The molecule has 2 aromatic carbocycles. The second-order valence-corrected chi connectivity index (χ2v) is 11.3. The minimum absolute atomic E-state index is 0.185. The summed E-state index contributed by atoms with van der Waals surface area (Å²) in [6.45, 7) is 3.00. The summed E-state index contributed by atoms with van der Waals surface area (Å²) >= 11 is 2.02. The zero-order valence-electron chi connectivity index (χ0n) is 18.7. The van der Waals surface area contributed by atoms with Gasteiger partial charge in [0.05, 0.1) is 12.7 Å². The molecule has 2 saturated carbocycles. The van der Waals surface area contributed by atoms with Gasteiger partial charge in [-0.15, -0.1) is 11.3 Å². The van der Waals surface area contributed by atoms with Gasteiger partial charge >= 0.3 is 0 Å². The Morgan fingerprint density at radius 2 is 1.72 bits per heavy atom. The van der Waals surface area contributed by atoms with Crippen molar-refractivity contribution >= 4 is 22.5 Å². The van der Waals surface area contributed by atoms with Crippen LogP contribution in [0.2, 0.25) is 0 Å². The van der Waals surface area contributed by atoms with Crippen molar-refractivity contribution in [2.45, 2.75) is 57.7 Å². The molecule has 0 N–H and O–H groups in total. The molecule has 3 aromatic rings. The van der Waals surface area contributed by atoms with Gasteiger partial charge in [0, 0.05) is 10.8 Å². The Labute approximate surface area is 195 Å². The van der Waals surface area contributed by atoms with Gasteiger partial charge in [0.25, 0.3) is 0 Å². The zero-order valence-corrected chi connectivity index (χ0v) is 19.5. The average molecular weight is 439 g/mol. The molecule has 4 aliphatic rings. The Morgan fingerprint density at radius 3 is 2.59 bits per heavy atom. The Balaban J connectivity index is 1.40. The number of hydrogen-bond acceptors (Lipinski definition) is 2. The topological polar surface area (TPSA) is 9.23 Å². The number of hydrogen-bond donors (Lipinski definition) is 0. The lowest BCUT2D eigenvalue weighted by Gasteiger charge is -2.34. The van der Waals surface area contributed by atoms with E-state index in [2.05, 4.69) is 66.9 Å². The number of rotatable bonds is 3. The number of ether oxygens (including phenoxy) is 1. The van der Waals surface area contributed by atoms with Gasteiger partial charge in [-0.1, -0.05) is 48.5 Å². The van der Waals surface area contributed by atoms with Crippen LogP contribution in [0.5, 0.6) is 0 Å². The summed E-state index contributed by atoms with van der Waals surface area (Å²) in [6, 6.07) is 20.0. The molecule has 32 heavy (non-hydrogen) atoms.